The molecule has 2 aliphatic rings. The minimum atomic E-state index is -1.10. The van der Waals surface area contributed by atoms with E-state index in [-0.39, 0.29) is 23.3 Å². The van der Waals surface area contributed by atoms with E-state index >= 15 is 0 Å². The van der Waals surface area contributed by atoms with Gasteiger partial charge in [0.15, 0.2) is 11.6 Å². The van der Waals surface area contributed by atoms with Gasteiger partial charge in [0.1, 0.15) is 0 Å². The van der Waals surface area contributed by atoms with E-state index in [1.54, 1.807) is 18.2 Å². The Kier molecular flexibility index (Phi) is 4.44. The summed E-state index contributed by atoms with van der Waals surface area (Å²) < 4.78 is 26.2. The van der Waals surface area contributed by atoms with E-state index in [9.17, 15) is 18.4 Å². The summed E-state index contributed by atoms with van der Waals surface area (Å²) in [5.74, 6) is -2.88. The Labute approximate surface area is 143 Å². The molecule has 128 valence electrons. The fraction of sp³-hybridized carbons (Fsp3) is 0.211. The molecule has 0 spiro atoms. The van der Waals surface area contributed by atoms with Crippen molar-refractivity contribution >= 4 is 17.5 Å². The fourth-order valence-electron chi connectivity index (χ4n) is 2.83. The largest absolute Gasteiger partial charge is 0.325 e. The average molecular weight is 342 g/mol. The van der Waals surface area contributed by atoms with E-state index in [1.165, 1.54) is 6.07 Å². The van der Waals surface area contributed by atoms with Crippen LogP contribution in [0.4, 0.5) is 8.78 Å². The van der Waals surface area contributed by atoms with Gasteiger partial charge in [0.25, 0.3) is 5.91 Å². The highest BCUT2D eigenvalue weighted by Crippen LogP contribution is 2.31. The number of hydrogen-bond acceptors (Lipinski definition) is 2. The summed E-state index contributed by atoms with van der Waals surface area (Å²) in [7, 11) is 0. The molecule has 1 unspecified atom stereocenters. The molecule has 1 aliphatic heterocycles. The molecule has 3 rings (SSSR count). The third kappa shape index (κ3) is 3.47. The van der Waals surface area contributed by atoms with Gasteiger partial charge in [0.05, 0.1) is 5.71 Å². The predicted molar refractivity (Wildman–Crippen MR) is 89.9 cm³/mol. The number of nitrogens with one attached hydrogen (secondary N) is 1. The average Bonchev–Trinajstić information content (AvgIpc) is 2.56. The van der Waals surface area contributed by atoms with Gasteiger partial charge < -0.3 is 5.32 Å². The zero-order valence-corrected chi connectivity index (χ0v) is 13.7. The topological polar surface area (TPSA) is 58.5 Å². The van der Waals surface area contributed by atoms with Crippen LogP contribution in [0.1, 0.15) is 24.2 Å². The summed E-state index contributed by atoms with van der Waals surface area (Å²) in [5.41, 5.74) is 1.93. The lowest BCUT2D eigenvalue weighted by atomic mass is 9.82. The zero-order valence-electron chi connectivity index (χ0n) is 13.7. The molecule has 1 aliphatic carbocycles. The van der Waals surface area contributed by atoms with Gasteiger partial charge in [-0.1, -0.05) is 19.9 Å². The molecule has 1 aromatic carbocycles. The Bertz CT molecular complexity index is 879. The zero-order chi connectivity index (χ0) is 18.1. The third-order valence-electron chi connectivity index (χ3n) is 4.09. The molecule has 0 radical (unpaired) electrons. The lowest BCUT2D eigenvalue weighted by Gasteiger charge is -2.29. The first-order valence-electron chi connectivity index (χ1n) is 7.85. The van der Waals surface area contributed by atoms with Crippen molar-refractivity contribution in [3.8, 4) is 0 Å². The molecule has 1 aromatic rings. The lowest BCUT2D eigenvalue weighted by Crippen LogP contribution is -2.34. The van der Waals surface area contributed by atoms with Crippen LogP contribution < -0.4 is 5.32 Å². The van der Waals surface area contributed by atoms with Gasteiger partial charge in [0, 0.05) is 23.3 Å². The van der Waals surface area contributed by atoms with Crippen LogP contribution in [0.3, 0.4) is 0 Å². The molecule has 1 atom stereocenters. The maximum atomic E-state index is 13.2. The van der Waals surface area contributed by atoms with Crippen LogP contribution in [0, 0.1) is 23.5 Å². The van der Waals surface area contributed by atoms with E-state index in [0.717, 1.165) is 17.7 Å². The molecule has 25 heavy (non-hydrogen) atoms. The summed E-state index contributed by atoms with van der Waals surface area (Å²) in [6.45, 7) is 4.01. The number of rotatable bonds is 2. The lowest BCUT2D eigenvalue weighted by molar-refractivity contribution is -0.116. The minimum absolute atomic E-state index is 0.0456. The Morgan fingerprint density at radius 2 is 1.96 bits per heavy atom. The molecule has 1 heterocycles. The van der Waals surface area contributed by atoms with Crippen molar-refractivity contribution in [1.29, 1.82) is 0 Å². The summed E-state index contributed by atoms with van der Waals surface area (Å²) in [4.78, 5) is 27.9. The van der Waals surface area contributed by atoms with E-state index in [0.29, 0.717) is 11.4 Å². The van der Waals surface area contributed by atoms with Crippen molar-refractivity contribution in [2.24, 2.45) is 16.8 Å². The van der Waals surface area contributed by atoms with Crippen LogP contribution in [-0.4, -0.2) is 17.5 Å². The molecule has 0 aromatic heterocycles. The smallest absolute Gasteiger partial charge is 0.277 e. The fourth-order valence-corrected chi connectivity index (χ4v) is 2.83. The summed E-state index contributed by atoms with van der Waals surface area (Å²) in [6.07, 6.45) is 6.75. The molecule has 2 amide bonds. The summed E-state index contributed by atoms with van der Waals surface area (Å²) in [5, 5.41) is 2.76. The molecule has 6 heteroatoms. The van der Waals surface area contributed by atoms with Crippen molar-refractivity contribution in [3.63, 3.8) is 0 Å². The molecule has 0 saturated carbocycles. The number of nitrogens with zero attached hydrogens (tertiary/aromatic N) is 1. The SMILES string of the molecule is CC(C)C1=CC(=O)NC2=CC(=NC(=O)c3ccc(F)c(F)c3)C=CC21. The second-order valence-electron chi connectivity index (χ2n) is 6.20. The van der Waals surface area contributed by atoms with Crippen LogP contribution in [0.15, 0.2) is 58.8 Å². The van der Waals surface area contributed by atoms with E-state index in [2.05, 4.69) is 10.3 Å². The highest BCUT2D eigenvalue weighted by Gasteiger charge is 2.27. The van der Waals surface area contributed by atoms with Gasteiger partial charge in [-0.2, -0.15) is 0 Å². The molecule has 0 saturated heterocycles. The normalized spacial score (nSPS) is 20.9. The summed E-state index contributed by atoms with van der Waals surface area (Å²) >= 11 is 0. The first kappa shape index (κ1) is 17.0. The van der Waals surface area contributed by atoms with E-state index in [4.69, 9.17) is 0 Å². The Morgan fingerprint density at radius 1 is 1.20 bits per heavy atom. The standard InChI is InChI=1S/C19H16F2N2O2/c1-10(2)14-9-18(24)23-17-8-12(4-5-13(14)17)22-19(25)11-3-6-15(20)16(21)7-11/h3-10,13H,1-2H3,(H,23,24). The van der Waals surface area contributed by atoms with Crippen molar-refractivity contribution in [2.75, 3.05) is 0 Å². The van der Waals surface area contributed by atoms with Gasteiger partial charge in [-0.15, -0.1) is 0 Å². The maximum Gasteiger partial charge on any atom is 0.277 e. The predicted octanol–water partition coefficient (Wildman–Crippen LogP) is 3.33. The Hall–Kier alpha value is -2.89. The van der Waals surface area contributed by atoms with Crippen LogP contribution in [0.5, 0.6) is 0 Å². The number of allylic oxidation sites excluding steroid dienone is 3. The minimum Gasteiger partial charge on any atom is -0.325 e. The first-order chi connectivity index (χ1) is 11.8. The van der Waals surface area contributed by atoms with Gasteiger partial charge >= 0.3 is 0 Å². The number of benzene rings is 1. The molecule has 0 fully saturated rings. The van der Waals surface area contributed by atoms with Gasteiger partial charge in [-0.25, -0.2) is 13.8 Å². The van der Waals surface area contributed by atoms with Crippen LogP contribution >= 0.6 is 0 Å². The maximum absolute atomic E-state index is 13.2. The Morgan fingerprint density at radius 3 is 2.64 bits per heavy atom. The van der Waals surface area contributed by atoms with Crippen molar-refractivity contribution in [1.82, 2.24) is 5.32 Å². The van der Waals surface area contributed by atoms with Crippen molar-refractivity contribution < 1.29 is 18.4 Å². The molecule has 0 bridgehead atoms. The quantitative estimate of drug-likeness (QED) is 0.896. The van der Waals surface area contributed by atoms with Crippen molar-refractivity contribution in [3.05, 3.63) is 71.0 Å². The number of hydrogen-bond donors (Lipinski definition) is 1. The van der Waals surface area contributed by atoms with Crippen LogP contribution in [-0.2, 0) is 4.79 Å². The van der Waals surface area contributed by atoms with Crippen LogP contribution in [0.25, 0.3) is 0 Å². The monoisotopic (exact) mass is 342 g/mol. The van der Waals surface area contributed by atoms with Crippen molar-refractivity contribution in [2.45, 2.75) is 13.8 Å². The number of halogens is 2. The second kappa shape index (κ2) is 6.55. The van der Waals surface area contributed by atoms with E-state index in [1.807, 2.05) is 19.9 Å². The highest BCUT2D eigenvalue weighted by molar-refractivity contribution is 6.14. The van der Waals surface area contributed by atoms with Crippen LogP contribution in [0.2, 0.25) is 0 Å². The molecular weight excluding hydrogens is 326 g/mol. The number of fused-ring (bicyclic) bond motifs is 1. The number of carbonyl (C=O) groups is 2. The Balaban J connectivity index is 1.88. The number of carbonyl (C=O) groups excluding carboxylic acids is 2. The van der Waals surface area contributed by atoms with Gasteiger partial charge in [-0.3, -0.25) is 9.59 Å². The van der Waals surface area contributed by atoms with Gasteiger partial charge in [0.2, 0.25) is 5.91 Å². The van der Waals surface area contributed by atoms with Gasteiger partial charge in [-0.05, 0) is 41.8 Å². The first-order valence-corrected chi connectivity index (χ1v) is 7.85. The van der Waals surface area contributed by atoms with E-state index < -0.39 is 17.5 Å². The number of aliphatic imine (C=N–C) groups is 1. The summed E-state index contributed by atoms with van der Waals surface area (Å²) in [6, 6.07) is 2.87. The highest BCUT2D eigenvalue weighted by atomic mass is 19.2. The third-order valence-corrected chi connectivity index (χ3v) is 4.09. The molecule has 4 nitrogen and oxygen atoms in total. The number of amides is 2. The molecular formula is C19H16F2N2O2. The second-order valence-corrected chi connectivity index (χ2v) is 6.20. The molecule has 1 N–H and O–H groups in total.